The third kappa shape index (κ3) is 11.6. The molecule has 278 valence electrons. The van der Waals surface area contributed by atoms with Crippen molar-refractivity contribution in [1.82, 2.24) is 30.6 Å². The molecule has 2 unspecified atom stereocenters. The molecule has 0 bridgehead atoms. The number of nitrogens with one attached hydrogen (secondary N) is 2. The van der Waals surface area contributed by atoms with E-state index >= 15 is 0 Å². The Balaban J connectivity index is 0.000000210. The van der Waals surface area contributed by atoms with Gasteiger partial charge in [0.05, 0.1) is 34.3 Å². The van der Waals surface area contributed by atoms with E-state index in [2.05, 4.69) is 25.3 Å². The van der Waals surface area contributed by atoms with E-state index < -0.39 is 23.9 Å². The summed E-state index contributed by atoms with van der Waals surface area (Å²) in [5, 5.41) is 7.53. The maximum Gasteiger partial charge on any atom is 0.414 e. The van der Waals surface area contributed by atoms with Crippen LogP contribution >= 0.6 is 11.3 Å². The first-order valence-corrected chi connectivity index (χ1v) is 17.0. The van der Waals surface area contributed by atoms with Crippen molar-refractivity contribution in [3.8, 4) is 11.5 Å². The minimum atomic E-state index is -4.71. The van der Waals surface area contributed by atoms with Gasteiger partial charge in [-0.25, -0.2) is 13.8 Å². The Bertz CT molecular complexity index is 2110. The molecule has 0 radical (unpaired) electrons. The fraction of sp³-hybridized carbons (Fsp3) is 0.158. The number of pyridine rings is 3. The molecule has 0 aliphatic rings. The maximum absolute atomic E-state index is 13.3. The molecule has 2 atom stereocenters. The van der Waals surface area contributed by atoms with Crippen molar-refractivity contribution < 1.29 is 41.0 Å². The summed E-state index contributed by atoms with van der Waals surface area (Å²) in [5.41, 5.74) is 1.15. The summed E-state index contributed by atoms with van der Waals surface area (Å²) in [6.45, 7) is 2.08. The first kappa shape index (κ1) is 38.9. The predicted octanol–water partition coefficient (Wildman–Crippen LogP) is 7.98. The molecule has 0 saturated heterocycles. The summed E-state index contributed by atoms with van der Waals surface area (Å²) in [5.74, 6) is -1.23. The van der Waals surface area contributed by atoms with Crippen LogP contribution in [0.25, 0.3) is 0 Å². The van der Waals surface area contributed by atoms with E-state index in [4.69, 9.17) is 9.47 Å². The number of ether oxygens (including phenoxy) is 2. The van der Waals surface area contributed by atoms with Gasteiger partial charge in [0.2, 0.25) is 0 Å². The Morgan fingerprint density at radius 1 is 0.704 bits per heavy atom. The Hall–Kier alpha value is -6.29. The maximum atomic E-state index is 13.3. The van der Waals surface area contributed by atoms with Crippen LogP contribution in [0.2, 0.25) is 0 Å². The number of hydrogen-bond donors (Lipinski definition) is 2. The minimum absolute atomic E-state index is 0.00443. The number of carbonyl (C=O) groups is 2. The van der Waals surface area contributed by atoms with Crippen molar-refractivity contribution in [2.75, 3.05) is 0 Å². The number of halogens is 5. The fourth-order valence-electron chi connectivity index (χ4n) is 4.59. The minimum Gasteiger partial charge on any atom is -0.487 e. The normalized spacial score (nSPS) is 12.0. The molecule has 2 N–H and O–H groups in total. The van der Waals surface area contributed by atoms with E-state index in [9.17, 15) is 31.5 Å². The smallest absolute Gasteiger partial charge is 0.414 e. The molecule has 16 heteroatoms. The topological polar surface area (TPSA) is 128 Å². The van der Waals surface area contributed by atoms with Gasteiger partial charge in [-0.05, 0) is 67.6 Å². The molecule has 2 aromatic carbocycles. The van der Waals surface area contributed by atoms with Gasteiger partial charge in [-0.15, -0.1) is 11.3 Å². The van der Waals surface area contributed by atoms with Gasteiger partial charge < -0.3 is 20.1 Å². The summed E-state index contributed by atoms with van der Waals surface area (Å²) in [4.78, 5) is 40.6. The molecule has 6 aromatic rings. The van der Waals surface area contributed by atoms with Crippen molar-refractivity contribution in [2.45, 2.75) is 38.4 Å². The monoisotopic (exact) mass is 762 g/mol. The number of rotatable bonds is 12. The molecule has 0 saturated carbocycles. The largest absolute Gasteiger partial charge is 0.487 e. The van der Waals surface area contributed by atoms with E-state index in [0.29, 0.717) is 28.5 Å². The highest BCUT2D eigenvalue weighted by Crippen LogP contribution is 2.31. The summed E-state index contributed by atoms with van der Waals surface area (Å²) >= 11 is 1.49. The Labute approximate surface area is 310 Å². The van der Waals surface area contributed by atoms with Crippen LogP contribution in [-0.2, 0) is 13.2 Å². The molecule has 0 aliphatic heterocycles. The first-order chi connectivity index (χ1) is 25.9. The number of hydrogen-bond acceptors (Lipinski definition) is 9. The molecule has 6 rings (SSSR count). The second kappa shape index (κ2) is 18.5. The van der Waals surface area contributed by atoms with Crippen molar-refractivity contribution in [3.63, 3.8) is 0 Å². The van der Waals surface area contributed by atoms with Gasteiger partial charge in [-0.1, -0.05) is 18.2 Å². The summed E-state index contributed by atoms with van der Waals surface area (Å²) in [6, 6.07) is 19.3. The average Bonchev–Trinajstić information content (AvgIpc) is 3.72. The highest BCUT2D eigenvalue weighted by Gasteiger charge is 2.43. The Morgan fingerprint density at radius 2 is 1.28 bits per heavy atom. The third-order valence-electron chi connectivity index (χ3n) is 7.30. The fourth-order valence-corrected chi connectivity index (χ4v) is 5.24. The van der Waals surface area contributed by atoms with Gasteiger partial charge in [0.25, 0.3) is 11.8 Å². The van der Waals surface area contributed by atoms with Gasteiger partial charge >= 0.3 is 6.18 Å². The summed E-state index contributed by atoms with van der Waals surface area (Å²) < 4.78 is 77.0. The Kier molecular flexibility index (Phi) is 13.3. The first-order valence-electron chi connectivity index (χ1n) is 16.1. The lowest BCUT2D eigenvalue weighted by molar-refractivity contribution is -0.156. The Morgan fingerprint density at radius 3 is 1.72 bits per heavy atom. The van der Waals surface area contributed by atoms with Crippen molar-refractivity contribution in [3.05, 3.63) is 166 Å². The number of amides is 2. The van der Waals surface area contributed by atoms with Crippen LogP contribution in [0.1, 0.15) is 61.8 Å². The zero-order valence-electron chi connectivity index (χ0n) is 28.3. The van der Waals surface area contributed by atoms with E-state index in [1.165, 1.54) is 84.4 Å². The zero-order chi connectivity index (χ0) is 38.5. The second-order valence-corrected chi connectivity index (χ2v) is 12.3. The molecule has 0 spiro atoms. The van der Waals surface area contributed by atoms with Crippen molar-refractivity contribution >= 4 is 23.2 Å². The summed E-state index contributed by atoms with van der Waals surface area (Å²) in [6.07, 6.45) is 0.850. The number of nitrogens with zero attached hydrogens (tertiary/aromatic N) is 4. The van der Waals surface area contributed by atoms with Gasteiger partial charge in [0.1, 0.15) is 41.4 Å². The van der Waals surface area contributed by atoms with E-state index in [0.717, 1.165) is 11.2 Å². The average molecular weight is 763 g/mol. The molecule has 2 amide bonds. The number of aromatic nitrogens is 4. The third-order valence-corrected chi connectivity index (χ3v) is 8.25. The quantitative estimate of drug-likeness (QED) is 0.120. The van der Waals surface area contributed by atoms with Crippen LogP contribution in [0.5, 0.6) is 11.5 Å². The molecule has 0 aliphatic carbocycles. The van der Waals surface area contributed by atoms with Gasteiger partial charge in [-0.3, -0.25) is 24.5 Å². The van der Waals surface area contributed by atoms with Gasteiger partial charge in [-0.2, -0.15) is 13.2 Å². The SMILES string of the molecule is CC(NC(=O)c1ccc(COc2cccc(F)c2)nc1)c1nccs1.O=C(NC(c1ccccn1)C(F)(F)F)c1ccc(COc2cccc(F)c2)nc1. The molecule has 4 aromatic heterocycles. The zero-order valence-corrected chi connectivity index (χ0v) is 29.2. The van der Waals surface area contributed by atoms with Crippen LogP contribution < -0.4 is 20.1 Å². The standard InChI is InChI=1S/C20H15F4N3O2.C18H16FN3O2S/c21-14-4-3-5-16(10-14)29-12-15-8-7-13(11-26-15)19(28)27-18(20(22,23)24)17-6-1-2-9-25-17;1-12(18-20-7-8-25-18)22-17(23)13-5-6-15(21-10-13)11-24-16-4-2-3-14(19)9-16/h1-11,18H,12H2,(H,27,28);2-10,12H,11H2,1H3,(H,22,23). The van der Waals surface area contributed by atoms with Crippen LogP contribution in [0.4, 0.5) is 22.0 Å². The van der Waals surface area contributed by atoms with Crippen LogP contribution in [-0.4, -0.2) is 37.9 Å². The van der Waals surface area contributed by atoms with Crippen LogP contribution in [0, 0.1) is 11.6 Å². The lowest BCUT2D eigenvalue weighted by Gasteiger charge is -2.21. The van der Waals surface area contributed by atoms with Crippen LogP contribution in [0.3, 0.4) is 0 Å². The van der Waals surface area contributed by atoms with E-state index in [-0.39, 0.29) is 42.2 Å². The van der Waals surface area contributed by atoms with Gasteiger partial charge in [0.15, 0.2) is 6.04 Å². The molecule has 10 nitrogen and oxygen atoms in total. The molecule has 54 heavy (non-hydrogen) atoms. The molecule has 4 heterocycles. The van der Waals surface area contributed by atoms with Gasteiger partial charge in [0, 0.05) is 42.3 Å². The lowest BCUT2D eigenvalue weighted by atomic mass is 10.1. The van der Waals surface area contributed by atoms with Crippen molar-refractivity contribution in [1.29, 1.82) is 0 Å². The molecule has 0 fully saturated rings. The number of carbonyl (C=O) groups excluding carboxylic acids is 2. The number of alkyl halides is 3. The summed E-state index contributed by atoms with van der Waals surface area (Å²) in [7, 11) is 0. The van der Waals surface area contributed by atoms with E-state index in [1.807, 2.05) is 17.6 Å². The second-order valence-electron chi connectivity index (χ2n) is 11.3. The van der Waals surface area contributed by atoms with Crippen molar-refractivity contribution in [2.24, 2.45) is 0 Å². The highest BCUT2D eigenvalue weighted by molar-refractivity contribution is 7.09. The molecular weight excluding hydrogens is 732 g/mol. The predicted molar refractivity (Wildman–Crippen MR) is 188 cm³/mol. The number of thiazole rings is 1. The van der Waals surface area contributed by atoms with Crippen LogP contribution in [0.15, 0.2) is 121 Å². The van der Waals surface area contributed by atoms with E-state index in [1.54, 1.807) is 36.5 Å². The number of benzene rings is 2. The highest BCUT2D eigenvalue weighted by atomic mass is 32.1. The molecular formula is C38H31F5N6O4S. The lowest BCUT2D eigenvalue weighted by Crippen LogP contribution is -2.38.